The molecule has 1 saturated heterocycles. The first-order valence-corrected chi connectivity index (χ1v) is 10.9. The molecule has 0 radical (unpaired) electrons. The van der Waals surface area contributed by atoms with Crippen molar-refractivity contribution >= 4 is 11.6 Å². The standard InChI is InChI=1S/C24H33N3O3/c1-3-29-22-11-10-20(18-23(22)30-4-2)12-13-25-24(28)19-26-14-16-27(17-15-26)21-8-6-5-7-9-21/h5-11,18H,3-4,12-17,19H2,1-2H3,(H,25,28). The molecule has 6 nitrogen and oxygen atoms in total. The van der Waals surface area contributed by atoms with Crippen LogP contribution in [-0.2, 0) is 11.2 Å². The van der Waals surface area contributed by atoms with Crippen LogP contribution in [0.25, 0.3) is 0 Å². The van der Waals surface area contributed by atoms with Gasteiger partial charge in [0, 0.05) is 38.4 Å². The summed E-state index contributed by atoms with van der Waals surface area (Å²) < 4.78 is 11.3. The molecule has 2 aromatic rings. The minimum Gasteiger partial charge on any atom is -0.490 e. The number of rotatable bonds is 10. The van der Waals surface area contributed by atoms with Crippen LogP contribution in [0.5, 0.6) is 11.5 Å². The molecule has 6 heteroatoms. The summed E-state index contributed by atoms with van der Waals surface area (Å²) in [6, 6.07) is 16.4. The Hall–Kier alpha value is -2.73. The first kappa shape index (κ1) is 22.0. The highest BCUT2D eigenvalue weighted by Gasteiger charge is 2.19. The second-order valence-electron chi connectivity index (χ2n) is 7.35. The van der Waals surface area contributed by atoms with Crippen LogP contribution in [0, 0.1) is 0 Å². The maximum absolute atomic E-state index is 12.4. The Kier molecular flexibility index (Phi) is 8.39. The maximum Gasteiger partial charge on any atom is 0.234 e. The molecule has 162 valence electrons. The molecule has 0 aliphatic carbocycles. The lowest BCUT2D eigenvalue weighted by molar-refractivity contribution is -0.122. The van der Waals surface area contributed by atoms with Gasteiger partial charge in [0.15, 0.2) is 11.5 Å². The van der Waals surface area contributed by atoms with Gasteiger partial charge in [-0.15, -0.1) is 0 Å². The molecule has 1 N–H and O–H groups in total. The Bertz CT molecular complexity index is 790. The number of benzene rings is 2. The summed E-state index contributed by atoms with van der Waals surface area (Å²) in [6.07, 6.45) is 0.764. The van der Waals surface area contributed by atoms with Crippen LogP contribution in [0.1, 0.15) is 19.4 Å². The summed E-state index contributed by atoms with van der Waals surface area (Å²) >= 11 is 0. The molecule has 3 rings (SSSR count). The van der Waals surface area contributed by atoms with E-state index in [-0.39, 0.29) is 5.91 Å². The molecule has 0 saturated carbocycles. The zero-order chi connectivity index (χ0) is 21.2. The lowest BCUT2D eigenvalue weighted by Gasteiger charge is -2.35. The normalized spacial score (nSPS) is 14.4. The molecule has 1 heterocycles. The Morgan fingerprint density at radius 2 is 1.63 bits per heavy atom. The summed E-state index contributed by atoms with van der Waals surface area (Å²) in [5.74, 6) is 1.61. The van der Waals surface area contributed by atoms with Crippen molar-refractivity contribution in [3.05, 3.63) is 54.1 Å². The van der Waals surface area contributed by atoms with Gasteiger partial charge in [0.05, 0.1) is 19.8 Å². The van der Waals surface area contributed by atoms with Crippen molar-refractivity contribution in [3.8, 4) is 11.5 Å². The lowest BCUT2D eigenvalue weighted by Crippen LogP contribution is -2.49. The van der Waals surface area contributed by atoms with Gasteiger partial charge in [0.2, 0.25) is 5.91 Å². The summed E-state index contributed by atoms with van der Waals surface area (Å²) in [4.78, 5) is 16.9. The van der Waals surface area contributed by atoms with Crippen molar-refractivity contribution in [2.24, 2.45) is 0 Å². The molecule has 0 aromatic heterocycles. The molecule has 0 bridgehead atoms. The van der Waals surface area contributed by atoms with E-state index in [2.05, 4.69) is 39.4 Å². The van der Waals surface area contributed by atoms with Crippen LogP contribution in [-0.4, -0.2) is 63.3 Å². The summed E-state index contributed by atoms with van der Waals surface area (Å²) in [5.41, 5.74) is 2.38. The number of para-hydroxylation sites is 1. The molecule has 1 aliphatic heterocycles. The Balaban J connectivity index is 1.39. The number of hydrogen-bond donors (Lipinski definition) is 1. The van der Waals surface area contributed by atoms with E-state index in [1.54, 1.807) is 0 Å². The Labute approximate surface area is 179 Å². The van der Waals surface area contributed by atoms with Crippen molar-refractivity contribution in [2.45, 2.75) is 20.3 Å². The maximum atomic E-state index is 12.4. The monoisotopic (exact) mass is 411 g/mol. The van der Waals surface area contributed by atoms with E-state index in [4.69, 9.17) is 9.47 Å². The van der Waals surface area contributed by atoms with E-state index in [1.807, 2.05) is 38.1 Å². The van der Waals surface area contributed by atoms with E-state index in [1.165, 1.54) is 5.69 Å². The van der Waals surface area contributed by atoms with Crippen molar-refractivity contribution < 1.29 is 14.3 Å². The molecule has 0 unspecified atom stereocenters. The van der Waals surface area contributed by atoms with E-state index >= 15 is 0 Å². The summed E-state index contributed by atoms with van der Waals surface area (Å²) in [5, 5.41) is 3.05. The summed E-state index contributed by atoms with van der Waals surface area (Å²) in [6.45, 7) is 9.89. The summed E-state index contributed by atoms with van der Waals surface area (Å²) in [7, 11) is 0. The third-order valence-corrected chi connectivity index (χ3v) is 5.20. The zero-order valence-electron chi connectivity index (χ0n) is 18.1. The highest BCUT2D eigenvalue weighted by atomic mass is 16.5. The fourth-order valence-corrected chi connectivity index (χ4v) is 3.66. The molecule has 0 spiro atoms. The molecule has 0 atom stereocenters. The fourth-order valence-electron chi connectivity index (χ4n) is 3.66. The number of anilines is 1. The largest absolute Gasteiger partial charge is 0.490 e. The van der Waals surface area contributed by atoms with Gasteiger partial charge in [-0.25, -0.2) is 0 Å². The molecule has 30 heavy (non-hydrogen) atoms. The van der Waals surface area contributed by atoms with Crippen molar-refractivity contribution in [1.29, 1.82) is 0 Å². The zero-order valence-corrected chi connectivity index (χ0v) is 18.1. The van der Waals surface area contributed by atoms with Gasteiger partial charge in [0.1, 0.15) is 0 Å². The molecular weight excluding hydrogens is 378 g/mol. The van der Waals surface area contributed by atoms with Gasteiger partial charge < -0.3 is 19.7 Å². The average molecular weight is 412 g/mol. The first-order chi connectivity index (χ1) is 14.7. The van der Waals surface area contributed by atoms with E-state index < -0.39 is 0 Å². The number of carbonyl (C=O) groups is 1. The topological polar surface area (TPSA) is 54.0 Å². The number of piperazine rings is 1. The second kappa shape index (κ2) is 11.5. The lowest BCUT2D eigenvalue weighted by atomic mass is 10.1. The number of amides is 1. The molecule has 2 aromatic carbocycles. The van der Waals surface area contributed by atoms with Crippen LogP contribution < -0.4 is 19.7 Å². The third kappa shape index (κ3) is 6.39. The van der Waals surface area contributed by atoms with Gasteiger partial charge >= 0.3 is 0 Å². The van der Waals surface area contributed by atoms with Gasteiger partial charge in [-0.05, 0) is 50.1 Å². The first-order valence-electron chi connectivity index (χ1n) is 10.9. The van der Waals surface area contributed by atoms with Crippen LogP contribution in [0.4, 0.5) is 5.69 Å². The van der Waals surface area contributed by atoms with E-state index in [0.717, 1.165) is 49.7 Å². The smallest absolute Gasteiger partial charge is 0.234 e. The number of hydrogen-bond acceptors (Lipinski definition) is 5. The van der Waals surface area contributed by atoms with Crippen molar-refractivity contribution in [3.63, 3.8) is 0 Å². The van der Waals surface area contributed by atoms with E-state index in [9.17, 15) is 4.79 Å². The van der Waals surface area contributed by atoms with Gasteiger partial charge in [-0.1, -0.05) is 24.3 Å². The van der Waals surface area contributed by atoms with Gasteiger partial charge in [-0.2, -0.15) is 0 Å². The highest BCUT2D eigenvalue weighted by molar-refractivity contribution is 5.78. The number of carbonyl (C=O) groups excluding carboxylic acids is 1. The van der Waals surface area contributed by atoms with Crippen LogP contribution >= 0.6 is 0 Å². The molecule has 1 fully saturated rings. The number of nitrogens with zero attached hydrogens (tertiary/aromatic N) is 2. The minimum atomic E-state index is 0.0825. The van der Waals surface area contributed by atoms with Gasteiger partial charge in [0.25, 0.3) is 0 Å². The van der Waals surface area contributed by atoms with Crippen molar-refractivity contribution in [2.75, 3.05) is 57.4 Å². The van der Waals surface area contributed by atoms with Gasteiger partial charge in [-0.3, -0.25) is 9.69 Å². The average Bonchev–Trinajstić information content (AvgIpc) is 2.77. The fraction of sp³-hybridized carbons (Fsp3) is 0.458. The number of nitrogens with one attached hydrogen (secondary N) is 1. The predicted octanol–water partition coefficient (Wildman–Crippen LogP) is 2.96. The van der Waals surface area contributed by atoms with E-state index in [0.29, 0.717) is 26.3 Å². The Morgan fingerprint density at radius 3 is 2.33 bits per heavy atom. The predicted molar refractivity (Wildman–Crippen MR) is 121 cm³/mol. The Morgan fingerprint density at radius 1 is 0.933 bits per heavy atom. The van der Waals surface area contributed by atoms with Crippen LogP contribution in [0.15, 0.2) is 48.5 Å². The SMILES string of the molecule is CCOc1ccc(CCNC(=O)CN2CCN(c3ccccc3)CC2)cc1OCC. The highest BCUT2D eigenvalue weighted by Crippen LogP contribution is 2.28. The third-order valence-electron chi connectivity index (χ3n) is 5.20. The second-order valence-corrected chi connectivity index (χ2v) is 7.35. The number of ether oxygens (including phenoxy) is 2. The van der Waals surface area contributed by atoms with Crippen molar-refractivity contribution in [1.82, 2.24) is 10.2 Å². The molecule has 1 amide bonds. The minimum absolute atomic E-state index is 0.0825. The molecule has 1 aliphatic rings. The quantitative estimate of drug-likeness (QED) is 0.651. The molecular formula is C24H33N3O3. The van der Waals surface area contributed by atoms with Crippen LogP contribution in [0.2, 0.25) is 0 Å². The van der Waals surface area contributed by atoms with Crippen LogP contribution in [0.3, 0.4) is 0 Å².